The van der Waals surface area contributed by atoms with E-state index in [9.17, 15) is 23.2 Å². The van der Waals surface area contributed by atoms with Gasteiger partial charge >= 0.3 is 12.1 Å². The van der Waals surface area contributed by atoms with E-state index in [1.807, 2.05) is 48.5 Å². The summed E-state index contributed by atoms with van der Waals surface area (Å²) in [7, 11) is 0. The molecule has 0 aromatic heterocycles. The number of carbonyl (C=O) groups is 3. The number of aliphatic carboxylic acids is 1. The zero-order chi connectivity index (χ0) is 24.6. The van der Waals surface area contributed by atoms with Crippen LogP contribution >= 0.6 is 0 Å². The molecule has 4 rings (SSSR count). The molecule has 7 nitrogen and oxygen atoms in total. The average Bonchev–Trinajstić information content (AvgIpc) is 3.29. The van der Waals surface area contributed by atoms with Gasteiger partial charge in [-0.05, 0) is 28.2 Å². The molecule has 0 radical (unpaired) electrons. The van der Waals surface area contributed by atoms with Gasteiger partial charge in [0.2, 0.25) is 5.91 Å². The number of carboxylic acid groups (broad SMARTS) is 1. The van der Waals surface area contributed by atoms with E-state index in [4.69, 9.17) is 9.84 Å². The molecule has 180 valence electrons. The molecule has 2 aliphatic rings. The van der Waals surface area contributed by atoms with Crippen LogP contribution in [0.3, 0.4) is 0 Å². The number of benzene rings is 2. The Kier molecular flexibility index (Phi) is 6.29. The number of amides is 2. The molecular weight excluding hydrogens is 446 g/mol. The summed E-state index contributed by atoms with van der Waals surface area (Å²) in [6.45, 7) is 1.75. The van der Waals surface area contributed by atoms with Crippen molar-refractivity contribution >= 4 is 18.0 Å². The van der Waals surface area contributed by atoms with Crippen LogP contribution in [0.5, 0.6) is 0 Å². The number of carboxylic acids is 1. The Balaban J connectivity index is 1.43. The van der Waals surface area contributed by atoms with E-state index < -0.39 is 54.9 Å². The quantitative estimate of drug-likeness (QED) is 0.668. The summed E-state index contributed by atoms with van der Waals surface area (Å²) in [4.78, 5) is 37.5. The summed E-state index contributed by atoms with van der Waals surface area (Å²) in [5, 5.41) is 11.5. The maximum atomic E-state index is 14.0. The normalized spacial score (nSPS) is 19.4. The molecular formula is C25H26F2N2O5. The van der Waals surface area contributed by atoms with Gasteiger partial charge in [-0.15, -0.1) is 0 Å². The van der Waals surface area contributed by atoms with E-state index in [-0.39, 0.29) is 12.5 Å². The molecule has 0 spiro atoms. The van der Waals surface area contributed by atoms with Crippen molar-refractivity contribution in [3.05, 3.63) is 59.7 Å². The molecule has 1 heterocycles. The standard InChI is InChI=1S/C25H26F2N2O5/c1-14(2)21(22(30)29-11-20(23(31)32)25(26,27)13-29)28-24(33)34-12-19-17-9-5-3-7-15(17)16-8-4-6-10-18(16)19/h3-10,14,19-21H,11-13H2,1-2H3,(H,28,33)(H,31,32). The number of nitrogens with one attached hydrogen (secondary N) is 1. The fraction of sp³-hybridized carbons (Fsp3) is 0.400. The largest absolute Gasteiger partial charge is 0.481 e. The topological polar surface area (TPSA) is 95.9 Å². The minimum absolute atomic E-state index is 0.0434. The van der Waals surface area contributed by atoms with Gasteiger partial charge in [0.25, 0.3) is 5.92 Å². The Hall–Kier alpha value is -3.49. The zero-order valence-corrected chi connectivity index (χ0v) is 18.8. The van der Waals surface area contributed by atoms with Gasteiger partial charge in [0, 0.05) is 12.5 Å². The fourth-order valence-corrected chi connectivity index (χ4v) is 4.69. The first-order chi connectivity index (χ1) is 16.1. The van der Waals surface area contributed by atoms with Crippen molar-refractivity contribution in [2.75, 3.05) is 19.7 Å². The summed E-state index contributed by atoms with van der Waals surface area (Å²) >= 11 is 0. The number of hydrogen-bond donors (Lipinski definition) is 2. The van der Waals surface area contributed by atoms with Crippen molar-refractivity contribution in [2.45, 2.75) is 31.7 Å². The first-order valence-electron chi connectivity index (χ1n) is 11.1. The Bertz CT molecular complexity index is 1070. The van der Waals surface area contributed by atoms with Gasteiger partial charge in [-0.3, -0.25) is 9.59 Å². The third-order valence-electron chi connectivity index (χ3n) is 6.47. The van der Waals surface area contributed by atoms with Crippen LogP contribution in [-0.4, -0.2) is 59.6 Å². The van der Waals surface area contributed by atoms with Gasteiger partial charge in [0.1, 0.15) is 18.6 Å². The number of hydrogen-bond acceptors (Lipinski definition) is 4. The number of ether oxygens (including phenoxy) is 1. The third kappa shape index (κ3) is 4.34. The SMILES string of the molecule is CC(C)C(NC(=O)OCC1c2ccccc2-c2ccccc21)C(=O)N1CC(C(=O)O)C(F)(F)C1. The van der Waals surface area contributed by atoms with Gasteiger partial charge in [-0.25, -0.2) is 13.6 Å². The first-order valence-corrected chi connectivity index (χ1v) is 11.1. The lowest BCUT2D eigenvalue weighted by Gasteiger charge is -2.26. The predicted molar refractivity (Wildman–Crippen MR) is 119 cm³/mol. The van der Waals surface area contributed by atoms with Crippen molar-refractivity contribution in [3.8, 4) is 11.1 Å². The number of alkyl halides is 2. The lowest BCUT2D eigenvalue weighted by atomic mass is 9.98. The smallest absolute Gasteiger partial charge is 0.407 e. The van der Waals surface area contributed by atoms with Gasteiger partial charge in [-0.1, -0.05) is 62.4 Å². The van der Waals surface area contributed by atoms with Gasteiger partial charge in [-0.2, -0.15) is 0 Å². The molecule has 9 heteroatoms. The maximum absolute atomic E-state index is 14.0. The monoisotopic (exact) mass is 472 g/mol. The van der Waals surface area contributed by atoms with Crippen LogP contribution < -0.4 is 5.32 Å². The molecule has 1 fully saturated rings. The summed E-state index contributed by atoms with van der Waals surface area (Å²) in [6.07, 6.45) is -0.838. The van der Waals surface area contributed by atoms with Gasteiger partial charge < -0.3 is 20.1 Å². The molecule has 2 amide bonds. The van der Waals surface area contributed by atoms with Crippen molar-refractivity contribution in [1.82, 2.24) is 10.2 Å². The highest BCUT2D eigenvalue weighted by Gasteiger charge is 2.54. The summed E-state index contributed by atoms with van der Waals surface area (Å²) < 4.78 is 33.6. The summed E-state index contributed by atoms with van der Waals surface area (Å²) in [5.41, 5.74) is 4.22. The van der Waals surface area contributed by atoms with Crippen molar-refractivity contribution in [2.24, 2.45) is 11.8 Å². The molecule has 2 N–H and O–H groups in total. The average molecular weight is 472 g/mol. The van der Waals surface area contributed by atoms with E-state index >= 15 is 0 Å². The Morgan fingerprint density at radius 3 is 2.15 bits per heavy atom. The summed E-state index contributed by atoms with van der Waals surface area (Å²) in [6, 6.07) is 14.6. The van der Waals surface area contributed by atoms with Crippen LogP contribution in [0, 0.1) is 11.8 Å². The van der Waals surface area contributed by atoms with Crippen molar-refractivity contribution in [3.63, 3.8) is 0 Å². The number of alkyl carbamates (subject to hydrolysis) is 1. The molecule has 2 aromatic carbocycles. The van der Waals surface area contributed by atoms with E-state index in [1.54, 1.807) is 13.8 Å². The second kappa shape index (κ2) is 9.04. The number of nitrogens with zero attached hydrogens (tertiary/aromatic N) is 1. The van der Waals surface area contributed by atoms with Crippen LogP contribution in [0.1, 0.15) is 30.9 Å². The number of likely N-dealkylation sites (tertiary alicyclic amines) is 1. The Morgan fingerprint density at radius 1 is 1.09 bits per heavy atom. The number of carbonyl (C=O) groups excluding carboxylic acids is 2. The van der Waals surface area contributed by atoms with E-state index in [0.29, 0.717) is 0 Å². The number of rotatable bonds is 6. The molecule has 1 saturated heterocycles. The van der Waals surface area contributed by atoms with E-state index in [1.165, 1.54) is 0 Å². The third-order valence-corrected chi connectivity index (χ3v) is 6.47. The predicted octanol–water partition coefficient (Wildman–Crippen LogP) is 3.73. The fourth-order valence-electron chi connectivity index (χ4n) is 4.69. The second-order valence-electron chi connectivity index (χ2n) is 9.06. The number of fused-ring (bicyclic) bond motifs is 3. The second-order valence-corrected chi connectivity index (χ2v) is 9.06. The Morgan fingerprint density at radius 2 is 1.65 bits per heavy atom. The minimum atomic E-state index is -3.53. The number of halogens is 2. The molecule has 2 atom stereocenters. The molecule has 34 heavy (non-hydrogen) atoms. The Labute approximate surface area is 195 Å². The molecule has 2 aromatic rings. The zero-order valence-electron chi connectivity index (χ0n) is 18.8. The molecule has 0 bridgehead atoms. The lowest BCUT2D eigenvalue weighted by molar-refractivity contribution is -0.151. The van der Waals surface area contributed by atoms with Gasteiger partial charge in [0.15, 0.2) is 0 Å². The first kappa shape index (κ1) is 23.7. The minimum Gasteiger partial charge on any atom is -0.481 e. The van der Waals surface area contributed by atoms with Crippen LogP contribution in [0.15, 0.2) is 48.5 Å². The summed E-state index contributed by atoms with van der Waals surface area (Å²) in [5.74, 6) is -8.52. The molecule has 1 aliphatic carbocycles. The highest BCUT2D eigenvalue weighted by atomic mass is 19.3. The van der Waals surface area contributed by atoms with Crippen LogP contribution in [0.25, 0.3) is 11.1 Å². The maximum Gasteiger partial charge on any atom is 0.407 e. The highest BCUT2D eigenvalue weighted by molar-refractivity contribution is 5.87. The van der Waals surface area contributed by atoms with E-state index in [2.05, 4.69) is 5.32 Å². The molecule has 1 aliphatic heterocycles. The highest BCUT2D eigenvalue weighted by Crippen LogP contribution is 2.44. The van der Waals surface area contributed by atoms with Crippen molar-refractivity contribution < 1.29 is 33.0 Å². The molecule has 0 saturated carbocycles. The lowest BCUT2D eigenvalue weighted by Crippen LogP contribution is -2.51. The van der Waals surface area contributed by atoms with E-state index in [0.717, 1.165) is 27.2 Å². The van der Waals surface area contributed by atoms with Crippen LogP contribution in [0.4, 0.5) is 13.6 Å². The molecule has 2 unspecified atom stereocenters. The van der Waals surface area contributed by atoms with Gasteiger partial charge in [0.05, 0.1) is 6.54 Å². The van der Waals surface area contributed by atoms with Crippen LogP contribution in [-0.2, 0) is 14.3 Å². The van der Waals surface area contributed by atoms with Crippen molar-refractivity contribution in [1.29, 1.82) is 0 Å². The van der Waals surface area contributed by atoms with Crippen LogP contribution in [0.2, 0.25) is 0 Å².